The third kappa shape index (κ3) is 3.60. The molecule has 21 heavy (non-hydrogen) atoms. The van der Waals surface area contributed by atoms with E-state index in [1.807, 2.05) is 0 Å². The summed E-state index contributed by atoms with van der Waals surface area (Å²) in [6.45, 7) is 5.47. The van der Waals surface area contributed by atoms with Gasteiger partial charge < -0.3 is 10.1 Å². The fourth-order valence-corrected chi connectivity index (χ4v) is 3.59. The highest BCUT2D eigenvalue weighted by Crippen LogP contribution is 2.40. The molecular weight excluding hydrogens is 258 g/mol. The lowest BCUT2D eigenvalue weighted by Crippen LogP contribution is -2.46. The molecule has 0 radical (unpaired) electrons. The highest BCUT2D eigenvalue weighted by Gasteiger charge is 2.38. The van der Waals surface area contributed by atoms with Crippen LogP contribution in [0.1, 0.15) is 63.5 Å². The van der Waals surface area contributed by atoms with E-state index in [1.165, 1.54) is 56.1 Å². The molecule has 0 aromatic heterocycles. The first-order valence-electron chi connectivity index (χ1n) is 8.71. The number of nitrogens with one attached hydrogen (secondary N) is 1. The Morgan fingerprint density at radius 3 is 2.52 bits per heavy atom. The van der Waals surface area contributed by atoms with Gasteiger partial charge in [-0.2, -0.15) is 0 Å². The van der Waals surface area contributed by atoms with E-state index < -0.39 is 0 Å². The third-order valence-electron chi connectivity index (χ3n) is 5.05. The van der Waals surface area contributed by atoms with Crippen LogP contribution in [0.2, 0.25) is 0 Å². The number of benzene rings is 1. The van der Waals surface area contributed by atoms with E-state index in [9.17, 15) is 0 Å². The van der Waals surface area contributed by atoms with Gasteiger partial charge in [0.25, 0.3) is 0 Å². The number of hydrogen-bond acceptors (Lipinski definition) is 2. The first-order valence-corrected chi connectivity index (χ1v) is 8.71. The molecule has 2 nitrogen and oxygen atoms in total. The van der Waals surface area contributed by atoms with Crippen LogP contribution < -0.4 is 10.1 Å². The molecule has 0 unspecified atom stereocenters. The number of aryl methyl sites for hydroxylation is 2. The topological polar surface area (TPSA) is 21.3 Å². The van der Waals surface area contributed by atoms with Gasteiger partial charge in [-0.1, -0.05) is 19.9 Å². The summed E-state index contributed by atoms with van der Waals surface area (Å²) in [6.07, 6.45) is 10.0. The zero-order valence-electron chi connectivity index (χ0n) is 13.6. The van der Waals surface area contributed by atoms with Crippen LogP contribution in [0.15, 0.2) is 18.2 Å². The Balaban J connectivity index is 1.63. The molecule has 1 fully saturated rings. The molecule has 1 saturated carbocycles. The Morgan fingerprint density at radius 2 is 1.86 bits per heavy atom. The van der Waals surface area contributed by atoms with E-state index in [4.69, 9.17) is 4.74 Å². The minimum Gasteiger partial charge on any atom is -0.487 e. The summed E-state index contributed by atoms with van der Waals surface area (Å²) in [5.74, 6) is 1.10. The standard InChI is InChI=1S/C19H29NO/c1-15(2)20-13-12-19(10-5-11-19)21-18-9-8-16-6-3-4-7-17(16)14-18/h8-9,14-15,20H,3-7,10-13H2,1-2H3. The molecule has 2 aliphatic carbocycles. The monoisotopic (exact) mass is 287 g/mol. The number of ether oxygens (including phenoxy) is 1. The SMILES string of the molecule is CC(C)NCCC1(Oc2ccc3c(c2)CCCC3)CCC1. The molecule has 0 atom stereocenters. The van der Waals surface area contributed by atoms with Gasteiger partial charge in [-0.15, -0.1) is 0 Å². The Hall–Kier alpha value is -1.02. The van der Waals surface area contributed by atoms with Crippen molar-refractivity contribution in [3.05, 3.63) is 29.3 Å². The van der Waals surface area contributed by atoms with E-state index in [2.05, 4.69) is 37.4 Å². The van der Waals surface area contributed by atoms with Crippen LogP contribution in [0.3, 0.4) is 0 Å². The van der Waals surface area contributed by atoms with Gasteiger partial charge in [0.2, 0.25) is 0 Å². The van der Waals surface area contributed by atoms with E-state index >= 15 is 0 Å². The van der Waals surface area contributed by atoms with Gasteiger partial charge in [-0.05, 0) is 81.2 Å². The van der Waals surface area contributed by atoms with Crippen LogP contribution in [-0.4, -0.2) is 18.2 Å². The normalized spacial score (nSPS) is 20.0. The second kappa shape index (κ2) is 6.39. The van der Waals surface area contributed by atoms with Crippen molar-refractivity contribution >= 4 is 0 Å². The molecule has 0 amide bonds. The molecular formula is C19H29NO. The maximum atomic E-state index is 6.45. The summed E-state index contributed by atoms with van der Waals surface area (Å²) in [5.41, 5.74) is 3.16. The predicted octanol–water partition coefficient (Wildman–Crippen LogP) is 4.26. The lowest BCUT2D eigenvalue weighted by Gasteiger charge is -2.42. The van der Waals surface area contributed by atoms with Gasteiger partial charge in [-0.25, -0.2) is 0 Å². The van der Waals surface area contributed by atoms with Gasteiger partial charge in [0.15, 0.2) is 0 Å². The second-order valence-corrected chi connectivity index (χ2v) is 7.14. The minimum atomic E-state index is 0.102. The quantitative estimate of drug-likeness (QED) is 0.844. The second-order valence-electron chi connectivity index (χ2n) is 7.14. The molecule has 0 saturated heterocycles. The Kier molecular flexibility index (Phi) is 4.54. The van der Waals surface area contributed by atoms with Gasteiger partial charge in [0.1, 0.15) is 11.4 Å². The van der Waals surface area contributed by atoms with Crippen molar-refractivity contribution in [3.8, 4) is 5.75 Å². The maximum absolute atomic E-state index is 6.45. The Labute approximate surface area is 129 Å². The molecule has 1 N–H and O–H groups in total. The van der Waals surface area contributed by atoms with Gasteiger partial charge >= 0.3 is 0 Å². The molecule has 0 aliphatic heterocycles. The van der Waals surface area contributed by atoms with Crippen LogP contribution in [0, 0.1) is 0 Å². The van der Waals surface area contributed by atoms with Crippen molar-refractivity contribution < 1.29 is 4.74 Å². The summed E-state index contributed by atoms with van der Waals surface area (Å²) in [5, 5.41) is 3.53. The van der Waals surface area contributed by atoms with Crippen LogP contribution in [0.4, 0.5) is 0 Å². The summed E-state index contributed by atoms with van der Waals surface area (Å²) in [7, 11) is 0. The van der Waals surface area contributed by atoms with E-state index in [0.29, 0.717) is 6.04 Å². The van der Waals surface area contributed by atoms with Crippen molar-refractivity contribution in [2.75, 3.05) is 6.54 Å². The first-order chi connectivity index (χ1) is 10.2. The summed E-state index contributed by atoms with van der Waals surface area (Å²) in [6, 6.07) is 7.36. The summed E-state index contributed by atoms with van der Waals surface area (Å²) >= 11 is 0. The molecule has 0 spiro atoms. The highest BCUT2D eigenvalue weighted by atomic mass is 16.5. The van der Waals surface area contributed by atoms with Crippen LogP contribution in [0.25, 0.3) is 0 Å². The summed E-state index contributed by atoms with van der Waals surface area (Å²) in [4.78, 5) is 0. The van der Waals surface area contributed by atoms with Gasteiger partial charge in [0.05, 0.1) is 0 Å². The van der Waals surface area contributed by atoms with Crippen LogP contribution in [0.5, 0.6) is 5.75 Å². The Bertz CT molecular complexity index is 476. The zero-order valence-corrected chi connectivity index (χ0v) is 13.6. The predicted molar refractivity (Wildman–Crippen MR) is 88.0 cm³/mol. The molecule has 1 aromatic carbocycles. The molecule has 0 bridgehead atoms. The molecule has 2 aliphatic rings. The average molecular weight is 287 g/mol. The lowest BCUT2D eigenvalue weighted by molar-refractivity contribution is -0.0146. The van der Waals surface area contributed by atoms with E-state index in [0.717, 1.165) is 18.7 Å². The van der Waals surface area contributed by atoms with Crippen LogP contribution in [-0.2, 0) is 12.8 Å². The number of fused-ring (bicyclic) bond motifs is 1. The van der Waals surface area contributed by atoms with Crippen molar-refractivity contribution in [2.45, 2.75) is 76.9 Å². The number of hydrogen-bond donors (Lipinski definition) is 1. The first kappa shape index (κ1) is 14.9. The summed E-state index contributed by atoms with van der Waals surface area (Å²) < 4.78 is 6.45. The minimum absolute atomic E-state index is 0.102. The smallest absolute Gasteiger partial charge is 0.120 e. The zero-order chi connectivity index (χ0) is 14.7. The maximum Gasteiger partial charge on any atom is 0.120 e. The van der Waals surface area contributed by atoms with E-state index in [1.54, 1.807) is 0 Å². The van der Waals surface area contributed by atoms with Crippen molar-refractivity contribution in [1.82, 2.24) is 5.32 Å². The van der Waals surface area contributed by atoms with Gasteiger partial charge in [-0.3, -0.25) is 0 Å². The third-order valence-corrected chi connectivity index (χ3v) is 5.05. The van der Waals surface area contributed by atoms with Crippen molar-refractivity contribution in [2.24, 2.45) is 0 Å². The van der Waals surface area contributed by atoms with Crippen molar-refractivity contribution in [3.63, 3.8) is 0 Å². The Morgan fingerprint density at radius 1 is 1.10 bits per heavy atom. The lowest BCUT2D eigenvalue weighted by atomic mass is 9.77. The van der Waals surface area contributed by atoms with Crippen molar-refractivity contribution in [1.29, 1.82) is 0 Å². The molecule has 2 heteroatoms. The average Bonchev–Trinajstić information content (AvgIpc) is 2.44. The molecule has 116 valence electrons. The molecule has 1 aromatic rings. The van der Waals surface area contributed by atoms with E-state index in [-0.39, 0.29) is 5.60 Å². The molecule has 3 rings (SSSR count). The fourth-order valence-electron chi connectivity index (χ4n) is 3.59. The highest BCUT2D eigenvalue weighted by molar-refractivity contribution is 5.37. The number of rotatable bonds is 6. The van der Waals surface area contributed by atoms with Gasteiger partial charge in [0, 0.05) is 6.04 Å². The fraction of sp³-hybridized carbons (Fsp3) is 0.684. The molecule has 0 heterocycles. The largest absolute Gasteiger partial charge is 0.487 e. The van der Waals surface area contributed by atoms with Crippen LogP contribution >= 0.6 is 0 Å².